The van der Waals surface area contributed by atoms with Crippen molar-refractivity contribution in [1.29, 1.82) is 5.26 Å². The first-order valence-electron chi connectivity index (χ1n) is 5.21. The third kappa shape index (κ3) is 2.90. The molecule has 0 amide bonds. The van der Waals surface area contributed by atoms with E-state index in [0.717, 1.165) is 22.0 Å². The average molecular weight is 244 g/mol. The van der Waals surface area contributed by atoms with Crippen molar-refractivity contribution in [2.75, 3.05) is 0 Å². The molecule has 0 radical (unpaired) electrons. The zero-order chi connectivity index (χ0) is 12.1. The molecule has 4 heteroatoms. The van der Waals surface area contributed by atoms with Gasteiger partial charge in [-0.05, 0) is 29.8 Å². The van der Waals surface area contributed by atoms with Crippen LogP contribution in [0.4, 0.5) is 0 Å². The highest BCUT2D eigenvalue weighted by atomic mass is 32.2. The van der Waals surface area contributed by atoms with Crippen LogP contribution < -0.4 is 5.73 Å². The average Bonchev–Trinajstić information content (AvgIpc) is 2.89. The summed E-state index contributed by atoms with van der Waals surface area (Å²) in [5.41, 5.74) is 7.19. The molecule has 0 unspecified atom stereocenters. The molecule has 2 aromatic rings. The lowest BCUT2D eigenvalue weighted by atomic mass is 10.1. The second kappa shape index (κ2) is 5.58. The normalized spacial score (nSPS) is 10.1. The third-order valence-corrected chi connectivity index (χ3v) is 3.45. The van der Waals surface area contributed by atoms with E-state index in [2.05, 4.69) is 6.07 Å². The number of hydrogen-bond acceptors (Lipinski definition) is 4. The van der Waals surface area contributed by atoms with Crippen LogP contribution in [0.25, 0.3) is 0 Å². The maximum atomic E-state index is 9.07. The lowest BCUT2D eigenvalue weighted by molar-refractivity contribution is 0.530. The number of nitrogens with zero attached hydrogens (tertiary/aromatic N) is 1. The van der Waals surface area contributed by atoms with Gasteiger partial charge in [0.1, 0.15) is 11.8 Å². The SMILES string of the molecule is N#Cc1cc(CN)ccc1SCc1ccco1. The van der Waals surface area contributed by atoms with E-state index in [1.165, 1.54) is 0 Å². The molecule has 0 aliphatic heterocycles. The molecule has 1 aromatic heterocycles. The van der Waals surface area contributed by atoms with Crippen LogP contribution >= 0.6 is 11.8 Å². The molecule has 2 N–H and O–H groups in total. The fourth-order valence-corrected chi connectivity index (χ4v) is 2.35. The molecular formula is C13H12N2OS. The van der Waals surface area contributed by atoms with Crippen molar-refractivity contribution in [2.24, 2.45) is 5.73 Å². The largest absolute Gasteiger partial charge is 0.468 e. The summed E-state index contributed by atoms with van der Waals surface area (Å²) in [5, 5.41) is 9.07. The van der Waals surface area contributed by atoms with Crippen LogP contribution in [0.1, 0.15) is 16.9 Å². The molecule has 2 rings (SSSR count). The minimum atomic E-state index is 0.456. The Morgan fingerprint density at radius 1 is 1.35 bits per heavy atom. The van der Waals surface area contributed by atoms with E-state index in [9.17, 15) is 0 Å². The number of benzene rings is 1. The summed E-state index contributed by atoms with van der Waals surface area (Å²) in [5.74, 6) is 1.63. The predicted octanol–water partition coefficient (Wildman–Crippen LogP) is 2.90. The monoisotopic (exact) mass is 244 g/mol. The van der Waals surface area contributed by atoms with Crippen molar-refractivity contribution >= 4 is 11.8 Å². The summed E-state index contributed by atoms with van der Waals surface area (Å²) in [7, 11) is 0. The molecule has 0 bridgehead atoms. The van der Waals surface area contributed by atoms with Crippen molar-refractivity contribution in [2.45, 2.75) is 17.2 Å². The molecule has 1 heterocycles. The number of furan rings is 1. The van der Waals surface area contributed by atoms with Gasteiger partial charge >= 0.3 is 0 Å². The van der Waals surface area contributed by atoms with Gasteiger partial charge in [0, 0.05) is 11.4 Å². The van der Waals surface area contributed by atoms with Gasteiger partial charge in [-0.2, -0.15) is 5.26 Å². The van der Waals surface area contributed by atoms with Gasteiger partial charge in [-0.25, -0.2) is 0 Å². The van der Waals surface area contributed by atoms with Crippen molar-refractivity contribution in [1.82, 2.24) is 0 Å². The Morgan fingerprint density at radius 2 is 2.24 bits per heavy atom. The van der Waals surface area contributed by atoms with E-state index in [1.807, 2.05) is 30.3 Å². The maximum absolute atomic E-state index is 9.07. The number of hydrogen-bond donors (Lipinski definition) is 1. The van der Waals surface area contributed by atoms with Crippen molar-refractivity contribution in [3.8, 4) is 6.07 Å². The van der Waals surface area contributed by atoms with Gasteiger partial charge in [-0.3, -0.25) is 0 Å². The highest BCUT2D eigenvalue weighted by Crippen LogP contribution is 2.26. The zero-order valence-electron chi connectivity index (χ0n) is 9.22. The third-order valence-electron chi connectivity index (χ3n) is 2.35. The van der Waals surface area contributed by atoms with Crippen molar-refractivity contribution in [3.63, 3.8) is 0 Å². The quantitative estimate of drug-likeness (QED) is 0.840. The number of rotatable bonds is 4. The van der Waals surface area contributed by atoms with E-state index in [1.54, 1.807) is 18.0 Å². The maximum Gasteiger partial charge on any atom is 0.113 e. The Bertz CT molecular complexity index is 529. The number of nitrogens with two attached hydrogens (primary N) is 1. The van der Waals surface area contributed by atoms with Gasteiger partial charge in [0.05, 0.1) is 17.6 Å². The van der Waals surface area contributed by atoms with Gasteiger partial charge in [0.15, 0.2) is 0 Å². The highest BCUT2D eigenvalue weighted by molar-refractivity contribution is 7.98. The second-order valence-corrected chi connectivity index (χ2v) is 4.53. The van der Waals surface area contributed by atoms with E-state index in [0.29, 0.717) is 12.1 Å². The zero-order valence-corrected chi connectivity index (χ0v) is 10.0. The van der Waals surface area contributed by atoms with Gasteiger partial charge < -0.3 is 10.2 Å². The summed E-state index contributed by atoms with van der Waals surface area (Å²) >= 11 is 1.59. The Kier molecular flexibility index (Phi) is 3.86. The first-order chi connectivity index (χ1) is 8.33. The lowest BCUT2D eigenvalue weighted by Crippen LogP contribution is -1.97. The lowest BCUT2D eigenvalue weighted by Gasteiger charge is -2.04. The summed E-state index contributed by atoms with van der Waals surface area (Å²) in [6, 6.07) is 11.7. The van der Waals surface area contributed by atoms with Crippen LogP contribution in [0, 0.1) is 11.3 Å². The van der Waals surface area contributed by atoms with Gasteiger partial charge in [0.2, 0.25) is 0 Å². The molecule has 0 saturated carbocycles. The molecule has 1 aromatic carbocycles. The Hall–Kier alpha value is -1.70. The van der Waals surface area contributed by atoms with Crippen LogP contribution in [0.2, 0.25) is 0 Å². The minimum Gasteiger partial charge on any atom is -0.468 e. The van der Waals surface area contributed by atoms with E-state index in [4.69, 9.17) is 15.4 Å². The molecular weight excluding hydrogens is 232 g/mol. The molecule has 0 saturated heterocycles. The fourth-order valence-electron chi connectivity index (χ4n) is 1.46. The van der Waals surface area contributed by atoms with Crippen LogP contribution in [0.3, 0.4) is 0 Å². The first-order valence-corrected chi connectivity index (χ1v) is 6.20. The standard InChI is InChI=1S/C13H12N2OS/c14-7-10-3-4-13(11(6-10)8-15)17-9-12-2-1-5-16-12/h1-6H,7,9,14H2. The predicted molar refractivity (Wildman–Crippen MR) is 67.3 cm³/mol. The molecule has 17 heavy (non-hydrogen) atoms. The molecule has 0 spiro atoms. The molecule has 0 aliphatic rings. The molecule has 3 nitrogen and oxygen atoms in total. The van der Waals surface area contributed by atoms with Gasteiger partial charge in [0.25, 0.3) is 0 Å². The van der Waals surface area contributed by atoms with Gasteiger partial charge in [-0.15, -0.1) is 11.8 Å². The van der Waals surface area contributed by atoms with Gasteiger partial charge in [-0.1, -0.05) is 6.07 Å². The number of thioether (sulfide) groups is 1. The van der Waals surface area contributed by atoms with Crippen LogP contribution in [0.5, 0.6) is 0 Å². The van der Waals surface area contributed by atoms with Crippen molar-refractivity contribution < 1.29 is 4.42 Å². The topological polar surface area (TPSA) is 63.0 Å². The van der Waals surface area contributed by atoms with E-state index < -0.39 is 0 Å². The summed E-state index contributed by atoms with van der Waals surface area (Å²) in [6.45, 7) is 0.456. The minimum absolute atomic E-state index is 0.456. The van der Waals surface area contributed by atoms with E-state index in [-0.39, 0.29) is 0 Å². The molecule has 0 aliphatic carbocycles. The second-order valence-electron chi connectivity index (χ2n) is 3.51. The van der Waals surface area contributed by atoms with Crippen LogP contribution in [0.15, 0.2) is 45.9 Å². The van der Waals surface area contributed by atoms with E-state index >= 15 is 0 Å². The van der Waals surface area contributed by atoms with Crippen LogP contribution in [-0.4, -0.2) is 0 Å². The first kappa shape index (κ1) is 11.8. The summed E-state index contributed by atoms with van der Waals surface area (Å²) < 4.78 is 5.25. The molecule has 86 valence electrons. The highest BCUT2D eigenvalue weighted by Gasteiger charge is 2.05. The molecule has 0 fully saturated rings. The fraction of sp³-hybridized carbons (Fsp3) is 0.154. The smallest absolute Gasteiger partial charge is 0.113 e. The number of nitriles is 1. The molecule has 0 atom stereocenters. The Balaban J connectivity index is 2.13. The van der Waals surface area contributed by atoms with Crippen LogP contribution in [-0.2, 0) is 12.3 Å². The van der Waals surface area contributed by atoms with Crippen molar-refractivity contribution in [3.05, 3.63) is 53.5 Å². The Labute approximate surface area is 104 Å². The Morgan fingerprint density at radius 3 is 2.88 bits per heavy atom. The summed E-state index contributed by atoms with van der Waals surface area (Å²) in [6.07, 6.45) is 1.65. The summed E-state index contributed by atoms with van der Waals surface area (Å²) in [4.78, 5) is 0.959.